The summed E-state index contributed by atoms with van der Waals surface area (Å²) in [4.78, 5) is 45.7. The molecule has 6 rings (SSSR count). The number of aromatic hydroxyl groups is 1. The van der Waals surface area contributed by atoms with E-state index in [0.29, 0.717) is 29.5 Å². The maximum absolute atomic E-state index is 14.2. The van der Waals surface area contributed by atoms with Gasteiger partial charge in [0.2, 0.25) is 5.78 Å². The molecule has 42 heavy (non-hydrogen) atoms. The van der Waals surface area contributed by atoms with Crippen molar-refractivity contribution in [2.45, 2.75) is 50.3 Å². The average Bonchev–Trinajstić information content (AvgIpc) is 3.49. The fourth-order valence-electron chi connectivity index (χ4n) is 8.57. The van der Waals surface area contributed by atoms with Crippen molar-refractivity contribution in [3.63, 3.8) is 0 Å². The van der Waals surface area contributed by atoms with Crippen LogP contribution >= 0.6 is 0 Å². The lowest BCUT2D eigenvalue weighted by molar-refractivity contribution is -0.148. The number of carbonyl (C=O) groups excluding carboxylic acids is 3. The second-order valence-corrected chi connectivity index (χ2v) is 13.3. The van der Waals surface area contributed by atoms with Gasteiger partial charge in [0.25, 0.3) is 5.91 Å². The molecule has 226 valence electrons. The molecule has 0 radical (unpaired) electrons. The van der Waals surface area contributed by atoms with Gasteiger partial charge in [0.1, 0.15) is 22.8 Å². The number of hydrogen-bond acceptors (Lipinski definition) is 10. The molecular weight excluding hydrogens is 540 g/mol. The number of Topliss-reactive ketones (excluding diaryl/α,β-unsaturated/α-hetero) is 2. The molecule has 0 bridgehead atoms. The molecule has 1 aromatic rings. The van der Waals surface area contributed by atoms with Crippen molar-refractivity contribution in [3.8, 4) is 5.75 Å². The zero-order valence-corrected chi connectivity index (χ0v) is 24.6. The third-order valence-electron chi connectivity index (χ3n) is 10.5. The third kappa shape index (κ3) is 3.93. The molecule has 6 atom stereocenters. The quantitative estimate of drug-likeness (QED) is 0.321. The number of anilines is 1. The predicted octanol–water partition coefficient (Wildman–Crippen LogP) is 1.42. The van der Waals surface area contributed by atoms with Crippen LogP contribution in [0.2, 0.25) is 0 Å². The fourth-order valence-corrected chi connectivity index (χ4v) is 8.57. The van der Waals surface area contributed by atoms with Crippen LogP contribution in [0.15, 0.2) is 28.7 Å². The number of primary amides is 1. The average molecular weight is 581 g/mol. The standard InChI is InChI=1S/C31H40N4O7/c1-33(2)20-10-17(13-35-11-14-6-5-7-15(14)12-35)25(36)22-18(20)8-16-9-19-24(34(3)4)27(38)23(30(32)41)29(40)31(19,42)28(39)21(16)26(22)37/h10,14-16,19,24,36,38-39,42H,5-9,11-13H2,1-4H3,(H2,32,41)/t14?,15?,16-,19-,24-,31-/m0/s1. The number of phenols is 1. The Labute approximate surface area is 244 Å². The highest BCUT2D eigenvalue weighted by atomic mass is 16.3. The van der Waals surface area contributed by atoms with Gasteiger partial charge < -0.3 is 31.1 Å². The second-order valence-electron chi connectivity index (χ2n) is 13.3. The normalized spacial score (nSPS) is 32.7. The third-order valence-corrected chi connectivity index (χ3v) is 10.5. The highest BCUT2D eigenvalue weighted by molar-refractivity contribution is 6.25. The Morgan fingerprint density at radius 1 is 1.10 bits per heavy atom. The Bertz CT molecular complexity index is 1450. The number of phenolic OH excluding ortho intramolecular Hbond substituents is 1. The number of hydrogen-bond donors (Lipinski definition) is 5. The molecule has 1 heterocycles. The summed E-state index contributed by atoms with van der Waals surface area (Å²) in [6.07, 6.45) is 4.03. The van der Waals surface area contributed by atoms with E-state index in [-0.39, 0.29) is 29.7 Å². The van der Waals surface area contributed by atoms with Crippen LogP contribution in [-0.4, -0.2) is 101 Å². The highest BCUT2D eigenvalue weighted by Gasteiger charge is 2.63. The summed E-state index contributed by atoms with van der Waals surface area (Å²) >= 11 is 0. The SMILES string of the molecule is CN(C)c1cc(CN2CC3CCCC3C2)c(O)c2c1C[C@H]1C[C@H]3[C@H](N(C)C)C(O)=C(C(N)=O)C(=O)[C@@]3(O)C(O)=C1C2=O. The zero-order valence-electron chi connectivity index (χ0n) is 24.6. The number of likely N-dealkylation sites (tertiary alicyclic amines) is 1. The number of fused-ring (bicyclic) bond motifs is 4. The molecule has 6 N–H and O–H groups in total. The number of likely N-dealkylation sites (N-methyl/N-ethyl adjacent to an activating group) is 1. The lowest BCUT2D eigenvalue weighted by Gasteiger charge is -2.50. The smallest absolute Gasteiger partial charge is 0.255 e. The van der Waals surface area contributed by atoms with Gasteiger partial charge in [-0.1, -0.05) is 6.42 Å². The molecule has 0 aromatic heterocycles. The Balaban J connectivity index is 1.46. The van der Waals surface area contributed by atoms with Gasteiger partial charge in [0.15, 0.2) is 11.4 Å². The van der Waals surface area contributed by atoms with Crippen molar-refractivity contribution in [2.24, 2.45) is 29.4 Å². The Morgan fingerprint density at radius 3 is 2.31 bits per heavy atom. The van der Waals surface area contributed by atoms with Crippen LogP contribution in [-0.2, 0) is 22.6 Å². The number of aliphatic hydroxyl groups excluding tert-OH is 2. The minimum absolute atomic E-state index is 0.0661. The summed E-state index contributed by atoms with van der Waals surface area (Å²) in [7, 11) is 6.98. The van der Waals surface area contributed by atoms with Crippen LogP contribution in [0.25, 0.3) is 0 Å². The van der Waals surface area contributed by atoms with Crippen molar-refractivity contribution in [1.29, 1.82) is 0 Å². The Hall–Kier alpha value is -3.41. The van der Waals surface area contributed by atoms with Crippen LogP contribution in [0, 0.1) is 23.7 Å². The first-order valence-corrected chi connectivity index (χ1v) is 14.7. The number of aliphatic hydroxyl groups is 3. The molecule has 11 heteroatoms. The van der Waals surface area contributed by atoms with Crippen molar-refractivity contribution < 1.29 is 34.8 Å². The molecule has 0 spiro atoms. The summed E-state index contributed by atoms with van der Waals surface area (Å²) in [6.45, 7) is 2.38. The van der Waals surface area contributed by atoms with E-state index in [0.717, 1.165) is 18.8 Å². The number of amides is 1. The van der Waals surface area contributed by atoms with E-state index in [9.17, 15) is 34.8 Å². The number of ketones is 2. The first kappa shape index (κ1) is 28.7. The molecule has 5 aliphatic rings. The summed E-state index contributed by atoms with van der Waals surface area (Å²) in [5.41, 5.74) is 3.94. The molecular formula is C31H40N4O7. The van der Waals surface area contributed by atoms with Crippen LogP contribution in [0.1, 0.15) is 47.2 Å². The van der Waals surface area contributed by atoms with Crippen molar-refractivity contribution in [2.75, 3.05) is 46.2 Å². The lowest BCUT2D eigenvalue weighted by atomic mass is 9.58. The van der Waals surface area contributed by atoms with Gasteiger partial charge in [0.05, 0.1) is 11.6 Å². The van der Waals surface area contributed by atoms with Crippen LogP contribution in [0.4, 0.5) is 5.69 Å². The number of benzene rings is 1. The predicted molar refractivity (Wildman–Crippen MR) is 154 cm³/mol. The second kappa shape index (κ2) is 9.82. The maximum atomic E-state index is 14.2. The Morgan fingerprint density at radius 2 is 1.74 bits per heavy atom. The van der Waals surface area contributed by atoms with E-state index in [4.69, 9.17) is 5.73 Å². The molecule has 2 fully saturated rings. The monoisotopic (exact) mass is 580 g/mol. The van der Waals surface area contributed by atoms with Crippen LogP contribution in [0.3, 0.4) is 0 Å². The van der Waals surface area contributed by atoms with Crippen molar-refractivity contribution in [1.82, 2.24) is 9.80 Å². The van der Waals surface area contributed by atoms with Crippen LogP contribution in [0.5, 0.6) is 5.75 Å². The topological polar surface area (TPSA) is 168 Å². The van der Waals surface area contributed by atoms with Crippen molar-refractivity contribution >= 4 is 23.2 Å². The first-order valence-electron chi connectivity index (χ1n) is 14.7. The Kier molecular flexibility index (Phi) is 6.71. The molecule has 1 saturated carbocycles. The van der Waals surface area contributed by atoms with Gasteiger partial charge in [-0.2, -0.15) is 0 Å². The van der Waals surface area contributed by atoms with Gasteiger partial charge in [-0.25, -0.2) is 0 Å². The van der Waals surface area contributed by atoms with E-state index >= 15 is 0 Å². The summed E-state index contributed by atoms with van der Waals surface area (Å²) in [5, 5.41) is 45.9. The van der Waals surface area contributed by atoms with E-state index in [2.05, 4.69) is 4.90 Å². The summed E-state index contributed by atoms with van der Waals surface area (Å²) in [5.74, 6) is -5.01. The van der Waals surface area contributed by atoms with Crippen molar-refractivity contribution in [3.05, 3.63) is 45.4 Å². The molecule has 1 amide bonds. The molecule has 1 aliphatic heterocycles. The molecule has 11 nitrogen and oxygen atoms in total. The van der Waals surface area contributed by atoms with Gasteiger partial charge in [-0.3, -0.25) is 24.2 Å². The number of nitrogens with two attached hydrogens (primary N) is 1. The summed E-state index contributed by atoms with van der Waals surface area (Å²) in [6, 6.07) is 0.920. The minimum atomic E-state index is -2.64. The van der Waals surface area contributed by atoms with Gasteiger partial charge in [0, 0.05) is 56.5 Å². The van der Waals surface area contributed by atoms with Gasteiger partial charge in [-0.05, 0) is 69.2 Å². The largest absolute Gasteiger partial charge is 0.510 e. The number of carbonyl (C=O) groups is 3. The molecule has 4 aliphatic carbocycles. The zero-order chi connectivity index (χ0) is 30.4. The minimum Gasteiger partial charge on any atom is -0.510 e. The molecule has 1 saturated heterocycles. The number of nitrogens with zero attached hydrogens (tertiary/aromatic N) is 3. The van der Waals surface area contributed by atoms with E-state index in [1.54, 1.807) is 19.0 Å². The van der Waals surface area contributed by atoms with Crippen LogP contribution < -0.4 is 10.6 Å². The number of allylic oxidation sites excluding steroid dienone is 1. The molecule has 1 aromatic carbocycles. The van der Waals surface area contributed by atoms with Gasteiger partial charge >= 0.3 is 0 Å². The lowest BCUT2D eigenvalue weighted by Crippen LogP contribution is -2.63. The first-order chi connectivity index (χ1) is 19.8. The number of rotatable bonds is 5. The summed E-state index contributed by atoms with van der Waals surface area (Å²) < 4.78 is 0. The van der Waals surface area contributed by atoms with E-state index in [1.165, 1.54) is 19.3 Å². The van der Waals surface area contributed by atoms with E-state index in [1.807, 2.05) is 25.1 Å². The van der Waals surface area contributed by atoms with E-state index < -0.39 is 58.0 Å². The van der Waals surface area contributed by atoms with Gasteiger partial charge in [-0.15, -0.1) is 0 Å². The fraction of sp³-hybridized carbons (Fsp3) is 0.581. The highest BCUT2D eigenvalue weighted by Crippen LogP contribution is 2.53. The maximum Gasteiger partial charge on any atom is 0.255 e. The molecule has 2 unspecified atom stereocenters.